The Balaban J connectivity index is 2.37. The summed E-state index contributed by atoms with van der Waals surface area (Å²) in [6.45, 7) is 2.28. The lowest BCUT2D eigenvalue weighted by atomic mass is 9.86. The lowest BCUT2D eigenvalue weighted by Crippen LogP contribution is -2.04. The second kappa shape index (κ2) is 7.89. The topological polar surface area (TPSA) is 33.1 Å². The molecule has 0 saturated heterocycles. The Hall–Kier alpha value is -1.74. The first kappa shape index (κ1) is 15.6. The number of benzene rings is 1. The van der Waals surface area contributed by atoms with Crippen molar-refractivity contribution in [2.24, 2.45) is 0 Å². The second-order valence-corrected chi connectivity index (χ2v) is 5.24. The van der Waals surface area contributed by atoms with Crippen LogP contribution in [0.1, 0.15) is 44.1 Å². The van der Waals surface area contributed by atoms with E-state index in [1.807, 2.05) is 24.3 Å². The molecule has 0 unspecified atom stereocenters. The molecule has 0 aliphatic heterocycles. The number of aromatic nitrogens is 1. The highest BCUT2D eigenvalue weighted by atomic mass is 19.1. The van der Waals surface area contributed by atoms with Crippen LogP contribution < -0.4 is 0 Å². The standard InChI is InChI=1S/C18H22FNO/c1-2-14(8-4-6-13-21)18-15(9-7-10-16(18)19)17-11-3-5-12-20-17/h3,5,7,9-12,14,21H,2,4,6,8,13H2,1H3/t14-/m0/s1. The average Bonchev–Trinajstić information content (AvgIpc) is 2.53. The van der Waals surface area contributed by atoms with Gasteiger partial charge < -0.3 is 5.11 Å². The van der Waals surface area contributed by atoms with Crippen molar-refractivity contribution in [3.05, 3.63) is 54.0 Å². The number of aliphatic hydroxyl groups excluding tert-OH is 1. The van der Waals surface area contributed by atoms with Crippen LogP contribution in [0, 0.1) is 5.82 Å². The summed E-state index contributed by atoms with van der Waals surface area (Å²) < 4.78 is 14.4. The van der Waals surface area contributed by atoms with Gasteiger partial charge in [0.2, 0.25) is 0 Å². The molecule has 0 amide bonds. The van der Waals surface area contributed by atoms with Gasteiger partial charge in [0.1, 0.15) is 5.82 Å². The van der Waals surface area contributed by atoms with Crippen LogP contribution in [0.15, 0.2) is 42.6 Å². The molecule has 112 valence electrons. The van der Waals surface area contributed by atoms with E-state index in [0.29, 0.717) is 0 Å². The predicted octanol–water partition coefficient (Wildman–Crippen LogP) is 4.54. The highest BCUT2D eigenvalue weighted by molar-refractivity contribution is 5.64. The van der Waals surface area contributed by atoms with Crippen LogP contribution >= 0.6 is 0 Å². The van der Waals surface area contributed by atoms with E-state index in [2.05, 4.69) is 11.9 Å². The fraction of sp³-hybridized carbons (Fsp3) is 0.389. The number of nitrogens with zero attached hydrogens (tertiary/aromatic N) is 1. The smallest absolute Gasteiger partial charge is 0.127 e. The van der Waals surface area contributed by atoms with Crippen molar-refractivity contribution < 1.29 is 9.50 Å². The van der Waals surface area contributed by atoms with Gasteiger partial charge in [-0.25, -0.2) is 4.39 Å². The van der Waals surface area contributed by atoms with Crippen molar-refractivity contribution >= 4 is 0 Å². The van der Waals surface area contributed by atoms with Crippen molar-refractivity contribution in [3.8, 4) is 11.3 Å². The zero-order valence-electron chi connectivity index (χ0n) is 12.4. The summed E-state index contributed by atoms with van der Waals surface area (Å²) in [5.41, 5.74) is 2.45. The molecule has 1 aromatic heterocycles. The third-order valence-corrected chi connectivity index (χ3v) is 3.86. The Labute approximate surface area is 125 Å². The molecule has 0 radical (unpaired) electrons. The lowest BCUT2D eigenvalue weighted by Gasteiger charge is -2.19. The molecule has 2 aromatic rings. The van der Waals surface area contributed by atoms with E-state index in [1.54, 1.807) is 12.3 Å². The van der Waals surface area contributed by atoms with Gasteiger partial charge in [-0.3, -0.25) is 4.98 Å². The summed E-state index contributed by atoms with van der Waals surface area (Å²) >= 11 is 0. The largest absolute Gasteiger partial charge is 0.396 e. The number of hydrogen-bond acceptors (Lipinski definition) is 2. The van der Waals surface area contributed by atoms with Crippen molar-refractivity contribution in [3.63, 3.8) is 0 Å². The zero-order valence-corrected chi connectivity index (χ0v) is 12.4. The van der Waals surface area contributed by atoms with Crippen LogP contribution in [0.25, 0.3) is 11.3 Å². The number of rotatable bonds is 7. The maximum atomic E-state index is 14.4. The normalized spacial score (nSPS) is 12.3. The van der Waals surface area contributed by atoms with Gasteiger partial charge in [0.25, 0.3) is 0 Å². The summed E-state index contributed by atoms with van der Waals surface area (Å²) in [7, 11) is 0. The Morgan fingerprint density at radius 1 is 1.14 bits per heavy atom. The zero-order chi connectivity index (χ0) is 15.1. The molecule has 2 rings (SSSR count). The Morgan fingerprint density at radius 2 is 2.00 bits per heavy atom. The minimum atomic E-state index is -0.158. The Kier molecular flexibility index (Phi) is 5.88. The van der Waals surface area contributed by atoms with Gasteiger partial charge in [-0.1, -0.05) is 31.5 Å². The second-order valence-electron chi connectivity index (χ2n) is 5.24. The molecular formula is C18H22FNO. The fourth-order valence-electron chi connectivity index (χ4n) is 2.75. The van der Waals surface area contributed by atoms with E-state index in [4.69, 9.17) is 5.11 Å². The first-order chi connectivity index (χ1) is 10.3. The number of unbranched alkanes of at least 4 members (excludes halogenated alkanes) is 1. The van der Waals surface area contributed by atoms with Crippen LogP contribution in [0.3, 0.4) is 0 Å². The molecule has 2 nitrogen and oxygen atoms in total. The van der Waals surface area contributed by atoms with Gasteiger partial charge in [-0.05, 0) is 43.4 Å². The molecule has 21 heavy (non-hydrogen) atoms. The molecule has 0 bridgehead atoms. The number of pyridine rings is 1. The first-order valence-corrected chi connectivity index (χ1v) is 7.58. The third-order valence-electron chi connectivity index (χ3n) is 3.86. The number of aliphatic hydroxyl groups is 1. The summed E-state index contributed by atoms with van der Waals surface area (Å²) in [6.07, 6.45) is 5.18. The van der Waals surface area contributed by atoms with E-state index < -0.39 is 0 Å². The van der Waals surface area contributed by atoms with Crippen LogP contribution in [-0.4, -0.2) is 16.7 Å². The van der Waals surface area contributed by atoms with Gasteiger partial charge in [-0.2, -0.15) is 0 Å². The molecule has 0 spiro atoms. The molecule has 1 aromatic carbocycles. The molecule has 3 heteroatoms. The molecule has 0 saturated carbocycles. The molecule has 1 heterocycles. The van der Waals surface area contributed by atoms with E-state index >= 15 is 0 Å². The minimum absolute atomic E-state index is 0.158. The minimum Gasteiger partial charge on any atom is -0.396 e. The van der Waals surface area contributed by atoms with Crippen LogP contribution in [0.5, 0.6) is 0 Å². The SMILES string of the molecule is CC[C@@H](CCCCO)c1c(F)cccc1-c1ccccn1. The van der Waals surface area contributed by atoms with Crippen molar-refractivity contribution in [2.75, 3.05) is 6.61 Å². The van der Waals surface area contributed by atoms with E-state index in [-0.39, 0.29) is 18.3 Å². The quantitative estimate of drug-likeness (QED) is 0.758. The number of hydrogen-bond donors (Lipinski definition) is 1. The fourth-order valence-corrected chi connectivity index (χ4v) is 2.75. The molecule has 1 atom stereocenters. The molecule has 0 fully saturated rings. The van der Waals surface area contributed by atoms with Crippen LogP contribution in [-0.2, 0) is 0 Å². The van der Waals surface area contributed by atoms with Gasteiger partial charge in [0.15, 0.2) is 0 Å². The predicted molar refractivity (Wildman–Crippen MR) is 83.6 cm³/mol. The maximum Gasteiger partial charge on any atom is 0.127 e. The first-order valence-electron chi connectivity index (χ1n) is 7.58. The summed E-state index contributed by atoms with van der Waals surface area (Å²) in [5.74, 6) is 0.00348. The van der Waals surface area contributed by atoms with E-state index in [9.17, 15) is 4.39 Å². The van der Waals surface area contributed by atoms with E-state index in [0.717, 1.165) is 42.5 Å². The maximum absolute atomic E-state index is 14.4. The average molecular weight is 287 g/mol. The van der Waals surface area contributed by atoms with Crippen molar-refractivity contribution in [2.45, 2.75) is 38.5 Å². The molecule has 0 aliphatic carbocycles. The number of halogens is 1. The highest BCUT2D eigenvalue weighted by Gasteiger charge is 2.19. The van der Waals surface area contributed by atoms with Crippen LogP contribution in [0.2, 0.25) is 0 Å². The Morgan fingerprint density at radius 3 is 2.67 bits per heavy atom. The molecular weight excluding hydrogens is 265 g/mol. The monoisotopic (exact) mass is 287 g/mol. The van der Waals surface area contributed by atoms with Crippen LogP contribution in [0.4, 0.5) is 4.39 Å². The summed E-state index contributed by atoms with van der Waals surface area (Å²) in [5, 5.41) is 8.93. The van der Waals surface area contributed by atoms with Gasteiger partial charge in [0.05, 0.1) is 5.69 Å². The van der Waals surface area contributed by atoms with Gasteiger partial charge in [0, 0.05) is 23.9 Å². The van der Waals surface area contributed by atoms with Crippen molar-refractivity contribution in [1.82, 2.24) is 4.98 Å². The van der Waals surface area contributed by atoms with Crippen molar-refractivity contribution in [1.29, 1.82) is 0 Å². The Bertz CT molecular complexity index is 556. The molecule has 0 aliphatic rings. The highest BCUT2D eigenvalue weighted by Crippen LogP contribution is 2.35. The summed E-state index contributed by atoms with van der Waals surface area (Å²) in [6, 6.07) is 10.9. The van der Waals surface area contributed by atoms with E-state index in [1.165, 1.54) is 6.07 Å². The summed E-state index contributed by atoms with van der Waals surface area (Å²) in [4.78, 5) is 4.36. The van der Waals surface area contributed by atoms with Gasteiger partial charge in [-0.15, -0.1) is 0 Å². The third kappa shape index (κ3) is 3.88. The molecule has 1 N–H and O–H groups in total. The van der Waals surface area contributed by atoms with Gasteiger partial charge >= 0.3 is 0 Å². The lowest BCUT2D eigenvalue weighted by molar-refractivity contribution is 0.280.